The lowest BCUT2D eigenvalue weighted by atomic mass is 10.00. The van der Waals surface area contributed by atoms with Crippen LogP contribution in [0.4, 0.5) is 0 Å². The van der Waals surface area contributed by atoms with E-state index in [4.69, 9.17) is 4.74 Å². The molecule has 0 radical (unpaired) electrons. The van der Waals surface area contributed by atoms with Gasteiger partial charge in [-0.1, -0.05) is 36.4 Å². The van der Waals surface area contributed by atoms with E-state index in [0.717, 1.165) is 24.1 Å². The van der Waals surface area contributed by atoms with Crippen molar-refractivity contribution in [3.05, 3.63) is 64.5 Å². The predicted molar refractivity (Wildman–Crippen MR) is 88.8 cm³/mol. The number of rotatable bonds is 2. The van der Waals surface area contributed by atoms with E-state index in [1.54, 1.807) is 0 Å². The maximum atomic E-state index is 5.92. The molecule has 0 N–H and O–H groups in total. The largest absolute Gasteiger partial charge is 0.464 e. The summed E-state index contributed by atoms with van der Waals surface area (Å²) < 4.78 is 5.92. The zero-order chi connectivity index (χ0) is 15.1. The Kier molecular flexibility index (Phi) is 3.16. The fourth-order valence-electron chi connectivity index (χ4n) is 3.16. The number of para-hydroxylation sites is 1. The summed E-state index contributed by atoms with van der Waals surface area (Å²) in [5, 5.41) is 2.40. The number of benzene rings is 2. The van der Waals surface area contributed by atoms with Crippen LogP contribution in [0.1, 0.15) is 5.56 Å². The van der Waals surface area contributed by atoms with E-state index >= 15 is 0 Å². The van der Waals surface area contributed by atoms with E-state index in [1.165, 1.54) is 16.5 Å². The van der Waals surface area contributed by atoms with Crippen molar-refractivity contribution in [2.75, 3.05) is 27.2 Å². The normalized spacial score (nSPS) is 17.0. The maximum Gasteiger partial charge on any atom is 0.135 e. The predicted octanol–water partition coefficient (Wildman–Crippen LogP) is 1.22. The van der Waals surface area contributed by atoms with Gasteiger partial charge in [0.25, 0.3) is 0 Å². The fraction of sp³-hybridized carbons (Fsp3) is 0.263. The minimum Gasteiger partial charge on any atom is -0.464 e. The van der Waals surface area contributed by atoms with Gasteiger partial charge in [-0.25, -0.2) is 0 Å². The molecule has 0 atom stereocenters. The molecule has 2 heterocycles. The summed E-state index contributed by atoms with van der Waals surface area (Å²) in [5.41, 5.74) is 2.47. The van der Waals surface area contributed by atoms with Crippen LogP contribution in [0.15, 0.2) is 48.5 Å². The molecule has 4 rings (SSSR count). The minimum absolute atomic E-state index is 0.625. The van der Waals surface area contributed by atoms with Gasteiger partial charge in [0.15, 0.2) is 0 Å². The number of likely N-dealkylation sites (N-methyl/N-ethyl adjacent to an activating group) is 1. The standard InChI is InChI=1S/C19H20N2O/c1-20(2)15-11-21(12-15)19-16-8-4-3-7-14(16)13-22-18-10-6-5-9-17(18)19/h3-10,13,15H,11-12H2,1-2H3. The lowest BCUT2D eigenvalue weighted by Crippen LogP contribution is -2.57. The highest BCUT2D eigenvalue weighted by molar-refractivity contribution is 5.71. The van der Waals surface area contributed by atoms with Gasteiger partial charge in [0.2, 0.25) is 0 Å². The lowest BCUT2D eigenvalue weighted by Gasteiger charge is -2.45. The van der Waals surface area contributed by atoms with Gasteiger partial charge in [-0.3, -0.25) is 0 Å². The van der Waals surface area contributed by atoms with Crippen molar-refractivity contribution < 1.29 is 4.74 Å². The van der Waals surface area contributed by atoms with E-state index in [0.29, 0.717) is 6.04 Å². The number of likely N-dealkylation sites (tertiary alicyclic amines) is 1. The highest BCUT2D eigenvalue weighted by atomic mass is 16.5. The molecular formula is C19H20N2O. The smallest absolute Gasteiger partial charge is 0.135 e. The molecule has 3 heteroatoms. The molecule has 1 fully saturated rings. The first-order valence-corrected chi connectivity index (χ1v) is 7.71. The second-order valence-electron chi connectivity index (χ2n) is 6.19. The molecule has 0 aromatic heterocycles. The lowest BCUT2D eigenvalue weighted by molar-refractivity contribution is 0.115. The molecule has 3 nitrogen and oxygen atoms in total. The summed E-state index contributed by atoms with van der Waals surface area (Å²) in [7, 11) is 4.30. The summed E-state index contributed by atoms with van der Waals surface area (Å²) in [6.45, 7) is 2.12. The summed E-state index contributed by atoms with van der Waals surface area (Å²) in [5.74, 6) is 0.932. The van der Waals surface area contributed by atoms with E-state index in [9.17, 15) is 0 Å². The third-order valence-electron chi connectivity index (χ3n) is 4.58. The topological polar surface area (TPSA) is 15.7 Å². The molecule has 0 spiro atoms. The van der Waals surface area contributed by atoms with Crippen LogP contribution in [0.3, 0.4) is 0 Å². The number of ether oxygens (including phenoxy) is 1. The zero-order valence-electron chi connectivity index (χ0n) is 13.0. The SMILES string of the molecule is CN(C)C1CN(C2=c3ccccc3=COc3ccccc32)C1. The third kappa shape index (κ3) is 2.09. The number of fused-ring (bicyclic) bond motifs is 2. The number of hydrogen-bond donors (Lipinski definition) is 0. The van der Waals surface area contributed by atoms with Crippen LogP contribution in [0, 0.1) is 0 Å². The van der Waals surface area contributed by atoms with Crippen LogP contribution in [0.5, 0.6) is 5.75 Å². The highest BCUT2D eigenvalue weighted by Crippen LogP contribution is 2.31. The van der Waals surface area contributed by atoms with E-state index in [2.05, 4.69) is 60.3 Å². The van der Waals surface area contributed by atoms with Crippen LogP contribution >= 0.6 is 0 Å². The average Bonchev–Trinajstić information content (AvgIpc) is 2.64. The molecule has 0 amide bonds. The Morgan fingerprint density at radius 2 is 1.73 bits per heavy atom. The molecule has 112 valence electrons. The van der Waals surface area contributed by atoms with Gasteiger partial charge in [-0.2, -0.15) is 0 Å². The molecule has 2 aromatic carbocycles. The molecular weight excluding hydrogens is 272 g/mol. The minimum atomic E-state index is 0.625. The Labute approximate surface area is 130 Å². The van der Waals surface area contributed by atoms with Crippen molar-refractivity contribution in [1.82, 2.24) is 9.80 Å². The Morgan fingerprint density at radius 3 is 2.55 bits per heavy atom. The first-order chi connectivity index (χ1) is 10.7. The number of nitrogens with zero attached hydrogens (tertiary/aromatic N) is 2. The fourth-order valence-corrected chi connectivity index (χ4v) is 3.16. The first kappa shape index (κ1) is 13.4. The van der Waals surface area contributed by atoms with Gasteiger partial charge in [-0.05, 0) is 26.2 Å². The van der Waals surface area contributed by atoms with Gasteiger partial charge < -0.3 is 14.5 Å². The van der Waals surface area contributed by atoms with Crippen LogP contribution in [-0.4, -0.2) is 43.0 Å². The second kappa shape index (κ2) is 5.18. The molecule has 0 unspecified atom stereocenters. The zero-order valence-corrected chi connectivity index (χ0v) is 13.0. The highest BCUT2D eigenvalue weighted by Gasteiger charge is 2.32. The summed E-state index contributed by atoms with van der Waals surface area (Å²) in [6, 6.07) is 17.4. The van der Waals surface area contributed by atoms with Gasteiger partial charge in [0.05, 0.1) is 12.0 Å². The third-order valence-corrected chi connectivity index (χ3v) is 4.58. The molecule has 0 saturated carbocycles. The Balaban J connectivity index is 1.90. The van der Waals surface area contributed by atoms with Gasteiger partial charge >= 0.3 is 0 Å². The Hall–Kier alpha value is -2.26. The van der Waals surface area contributed by atoms with Gasteiger partial charge in [0, 0.05) is 35.1 Å². The van der Waals surface area contributed by atoms with E-state index in [-0.39, 0.29) is 0 Å². The van der Waals surface area contributed by atoms with E-state index < -0.39 is 0 Å². The van der Waals surface area contributed by atoms with Crippen molar-refractivity contribution in [2.45, 2.75) is 6.04 Å². The monoisotopic (exact) mass is 292 g/mol. The van der Waals surface area contributed by atoms with Crippen molar-refractivity contribution in [3.8, 4) is 5.75 Å². The first-order valence-electron chi connectivity index (χ1n) is 7.71. The molecule has 22 heavy (non-hydrogen) atoms. The van der Waals surface area contributed by atoms with Gasteiger partial charge in [0.1, 0.15) is 5.75 Å². The quantitative estimate of drug-likeness (QED) is 0.828. The average molecular weight is 292 g/mol. The van der Waals surface area contributed by atoms with Crippen LogP contribution in [0.25, 0.3) is 12.0 Å². The van der Waals surface area contributed by atoms with Crippen LogP contribution < -0.4 is 15.2 Å². The summed E-state index contributed by atoms with van der Waals surface area (Å²) in [4.78, 5) is 4.76. The Morgan fingerprint density at radius 1 is 1.00 bits per heavy atom. The van der Waals surface area contributed by atoms with Crippen molar-refractivity contribution >= 4 is 12.0 Å². The Bertz CT molecular complexity index is 819. The second-order valence-corrected chi connectivity index (χ2v) is 6.19. The van der Waals surface area contributed by atoms with Crippen LogP contribution in [0.2, 0.25) is 0 Å². The molecule has 2 aromatic rings. The molecule has 2 aliphatic rings. The molecule has 0 aliphatic carbocycles. The van der Waals surface area contributed by atoms with Crippen molar-refractivity contribution in [2.24, 2.45) is 0 Å². The molecule has 1 saturated heterocycles. The van der Waals surface area contributed by atoms with Gasteiger partial charge in [-0.15, -0.1) is 0 Å². The maximum absolute atomic E-state index is 5.92. The molecule has 0 bridgehead atoms. The van der Waals surface area contributed by atoms with E-state index in [1.807, 2.05) is 18.4 Å². The van der Waals surface area contributed by atoms with Crippen LogP contribution in [-0.2, 0) is 0 Å². The van der Waals surface area contributed by atoms with Crippen molar-refractivity contribution in [1.29, 1.82) is 0 Å². The molecule has 2 aliphatic heterocycles. The summed E-state index contributed by atoms with van der Waals surface area (Å²) >= 11 is 0. The van der Waals surface area contributed by atoms with Crippen molar-refractivity contribution in [3.63, 3.8) is 0 Å². The summed E-state index contributed by atoms with van der Waals surface area (Å²) in [6.07, 6.45) is 1.87. The number of hydrogen-bond acceptors (Lipinski definition) is 3.